The maximum atomic E-state index is 12.7. The molecular formula is C30H37ClN2O4. The molecule has 198 valence electrons. The van der Waals surface area contributed by atoms with Gasteiger partial charge in [-0.25, -0.2) is 4.79 Å². The van der Waals surface area contributed by atoms with Gasteiger partial charge in [-0.2, -0.15) is 0 Å². The molecule has 6 nitrogen and oxygen atoms in total. The van der Waals surface area contributed by atoms with Crippen molar-refractivity contribution < 1.29 is 14.3 Å². The molecule has 7 heteroatoms. The predicted molar refractivity (Wildman–Crippen MR) is 148 cm³/mol. The van der Waals surface area contributed by atoms with Crippen LogP contribution < -0.4 is 5.63 Å². The van der Waals surface area contributed by atoms with Crippen molar-refractivity contribution in [2.45, 2.75) is 51.1 Å². The Morgan fingerprint density at radius 2 is 1.95 bits per heavy atom. The number of halogens is 1. The molecular weight excluding hydrogens is 488 g/mol. The van der Waals surface area contributed by atoms with Crippen molar-refractivity contribution in [2.24, 2.45) is 5.92 Å². The number of benzene rings is 2. The van der Waals surface area contributed by atoms with Crippen LogP contribution in [-0.2, 0) is 11.3 Å². The van der Waals surface area contributed by atoms with Crippen molar-refractivity contribution in [2.75, 3.05) is 39.9 Å². The summed E-state index contributed by atoms with van der Waals surface area (Å²) in [6.45, 7) is 5.30. The van der Waals surface area contributed by atoms with Crippen LogP contribution in [0.15, 0.2) is 51.7 Å². The van der Waals surface area contributed by atoms with E-state index in [2.05, 4.69) is 9.80 Å². The largest absolute Gasteiger partial charge is 0.506 e. The highest BCUT2D eigenvalue weighted by Crippen LogP contribution is 2.39. The van der Waals surface area contributed by atoms with Crippen molar-refractivity contribution in [1.29, 1.82) is 0 Å². The average Bonchev–Trinajstić information content (AvgIpc) is 2.92. The van der Waals surface area contributed by atoms with Crippen LogP contribution in [0.3, 0.4) is 0 Å². The number of hydrogen-bond acceptors (Lipinski definition) is 6. The van der Waals surface area contributed by atoms with Crippen LogP contribution in [0.5, 0.6) is 5.75 Å². The molecule has 0 amide bonds. The maximum absolute atomic E-state index is 12.7. The highest BCUT2D eigenvalue weighted by atomic mass is 35.5. The Bertz CT molecular complexity index is 1260. The summed E-state index contributed by atoms with van der Waals surface area (Å²) in [6.07, 6.45) is 7.19. The number of aromatic hydroxyl groups is 1. The first-order valence-electron chi connectivity index (χ1n) is 13.5. The first-order chi connectivity index (χ1) is 18.0. The van der Waals surface area contributed by atoms with Crippen LogP contribution in [0, 0.1) is 5.92 Å². The van der Waals surface area contributed by atoms with Gasteiger partial charge in [0.05, 0.1) is 10.6 Å². The van der Waals surface area contributed by atoms with E-state index in [1.165, 1.54) is 51.3 Å². The Balaban J connectivity index is 1.51. The Labute approximate surface area is 223 Å². The van der Waals surface area contributed by atoms with Crippen molar-refractivity contribution in [3.63, 3.8) is 0 Å². The molecule has 37 heavy (non-hydrogen) atoms. The summed E-state index contributed by atoms with van der Waals surface area (Å²) in [4.78, 5) is 17.8. The third kappa shape index (κ3) is 5.88. The van der Waals surface area contributed by atoms with Crippen LogP contribution >= 0.6 is 11.6 Å². The second-order valence-corrected chi connectivity index (χ2v) is 10.9. The third-order valence-electron chi connectivity index (χ3n) is 8.07. The fraction of sp³-hybridized carbons (Fsp3) is 0.500. The van der Waals surface area contributed by atoms with Gasteiger partial charge in [-0.05, 0) is 68.3 Å². The first kappa shape index (κ1) is 26.2. The van der Waals surface area contributed by atoms with Gasteiger partial charge in [0.2, 0.25) is 0 Å². The summed E-state index contributed by atoms with van der Waals surface area (Å²) in [6, 6.07) is 13.6. The number of nitrogens with zero attached hydrogens (tertiary/aromatic N) is 2. The Hall–Kier alpha value is -2.38. The molecule has 0 saturated carbocycles. The molecule has 0 radical (unpaired) electrons. The van der Waals surface area contributed by atoms with Gasteiger partial charge in [-0.15, -0.1) is 0 Å². The van der Waals surface area contributed by atoms with E-state index in [4.69, 9.17) is 20.8 Å². The van der Waals surface area contributed by atoms with Crippen LogP contribution in [0.4, 0.5) is 0 Å². The van der Waals surface area contributed by atoms with Gasteiger partial charge in [-0.1, -0.05) is 48.4 Å². The van der Waals surface area contributed by atoms with E-state index < -0.39 is 5.63 Å². The van der Waals surface area contributed by atoms with Gasteiger partial charge >= 0.3 is 5.63 Å². The van der Waals surface area contributed by atoms with Crippen molar-refractivity contribution in [3.05, 3.63) is 63.5 Å². The number of piperidine rings is 2. The van der Waals surface area contributed by atoms with E-state index in [-0.39, 0.29) is 10.8 Å². The Morgan fingerprint density at radius 3 is 2.76 bits per heavy atom. The number of hydrogen-bond donors (Lipinski definition) is 1. The maximum Gasteiger partial charge on any atom is 0.336 e. The Morgan fingerprint density at radius 1 is 1.14 bits per heavy atom. The second-order valence-electron chi connectivity index (χ2n) is 10.5. The molecule has 0 aliphatic carbocycles. The zero-order valence-corrected chi connectivity index (χ0v) is 22.4. The smallest absolute Gasteiger partial charge is 0.336 e. The molecule has 2 aromatic carbocycles. The van der Waals surface area contributed by atoms with Crippen molar-refractivity contribution >= 4 is 22.6 Å². The second kappa shape index (κ2) is 12.0. The number of phenols is 1. The van der Waals surface area contributed by atoms with E-state index in [9.17, 15) is 9.90 Å². The first-order valence-corrected chi connectivity index (χ1v) is 13.9. The summed E-state index contributed by atoms with van der Waals surface area (Å²) in [7, 11) is 1.72. The summed E-state index contributed by atoms with van der Waals surface area (Å²) in [5.74, 6) is 0.568. The molecule has 1 N–H and O–H groups in total. The molecule has 2 aliphatic heterocycles. The van der Waals surface area contributed by atoms with Crippen LogP contribution in [-0.4, -0.2) is 60.8 Å². The molecule has 0 spiro atoms. The van der Waals surface area contributed by atoms with Crippen LogP contribution in [0.25, 0.3) is 22.1 Å². The third-order valence-corrected chi connectivity index (χ3v) is 8.36. The van der Waals surface area contributed by atoms with Crippen LogP contribution in [0.1, 0.15) is 44.1 Å². The summed E-state index contributed by atoms with van der Waals surface area (Å²) < 4.78 is 11.1. The standard InChI is InChI=1S/C30H37ClN2O4/c1-36-16-8-13-32(19-22-11-7-15-33-14-6-5-12-27(22)33)20-25-29(35)26(31)17-24-23(18-28(34)37-30(24)25)21-9-3-2-4-10-21/h2-4,9-10,17-18,22,27,35H,5-8,11-16,19-20H2,1H3. The number of rotatable bonds is 9. The van der Waals surface area contributed by atoms with Gasteiger partial charge in [0.25, 0.3) is 0 Å². The molecule has 5 rings (SSSR count). The quantitative estimate of drug-likeness (QED) is 0.277. The predicted octanol–water partition coefficient (Wildman–Crippen LogP) is 5.92. The molecule has 3 heterocycles. The molecule has 2 unspecified atom stereocenters. The average molecular weight is 525 g/mol. The monoisotopic (exact) mass is 524 g/mol. The van der Waals surface area contributed by atoms with Crippen molar-refractivity contribution in [3.8, 4) is 16.9 Å². The lowest BCUT2D eigenvalue weighted by Gasteiger charge is -2.45. The Kier molecular flexibility index (Phi) is 8.50. The van der Waals surface area contributed by atoms with E-state index in [1.807, 2.05) is 30.3 Å². The van der Waals surface area contributed by atoms with E-state index in [0.29, 0.717) is 36.3 Å². The minimum Gasteiger partial charge on any atom is -0.506 e. The molecule has 3 aromatic rings. The molecule has 2 fully saturated rings. The molecule has 1 aromatic heterocycles. The summed E-state index contributed by atoms with van der Waals surface area (Å²) >= 11 is 6.57. The van der Waals surface area contributed by atoms with Gasteiger partial charge in [0.1, 0.15) is 11.3 Å². The minimum atomic E-state index is -0.439. The highest BCUT2D eigenvalue weighted by molar-refractivity contribution is 6.33. The summed E-state index contributed by atoms with van der Waals surface area (Å²) in [5, 5.41) is 12.1. The normalized spacial score (nSPS) is 20.4. The molecule has 2 aliphatic rings. The topological polar surface area (TPSA) is 66.2 Å². The fourth-order valence-corrected chi connectivity index (χ4v) is 6.56. The SMILES string of the molecule is COCCCN(Cc1c(O)c(Cl)cc2c(-c3ccccc3)cc(=O)oc12)CC1CCCN2CCCCC12. The highest BCUT2D eigenvalue weighted by Gasteiger charge is 2.34. The lowest BCUT2D eigenvalue weighted by molar-refractivity contribution is 0.0372. The molecule has 0 bridgehead atoms. The van der Waals surface area contributed by atoms with E-state index in [0.717, 1.165) is 36.0 Å². The summed E-state index contributed by atoms with van der Waals surface area (Å²) in [5.41, 5.74) is 2.21. The van der Waals surface area contributed by atoms with E-state index in [1.54, 1.807) is 13.2 Å². The molecule has 2 atom stereocenters. The van der Waals surface area contributed by atoms with Gasteiger partial charge < -0.3 is 19.2 Å². The number of fused-ring (bicyclic) bond motifs is 2. The van der Waals surface area contributed by atoms with Crippen LogP contribution in [0.2, 0.25) is 5.02 Å². The van der Waals surface area contributed by atoms with E-state index >= 15 is 0 Å². The number of ether oxygens (including phenoxy) is 1. The number of methoxy groups -OCH3 is 1. The zero-order chi connectivity index (χ0) is 25.8. The van der Waals surface area contributed by atoms with Gasteiger partial charge in [0.15, 0.2) is 0 Å². The van der Waals surface area contributed by atoms with Crippen molar-refractivity contribution in [1.82, 2.24) is 9.80 Å². The zero-order valence-electron chi connectivity index (χ0n) is 21.6. The van der Waals surface area contributed by atoms with Gasteiger partial charge in [-0.3, -0.25) is 4.90 Å². The fourth-order valence-electron chi connectivity index (χ4n) is 6.33. The lowest BCUT2D eigenvalue weighted by atomic mass is 9.83. The van der Waals surface area contributed by atoms with Gasteiger partial charge in [0, 0.05) is 50.8 Å². The molecule has 2 saturated heterocycles. The number of phenolic OH excluding ortho intramolecular Hbond substituents is 1. The minimum absolute atomic E-state index is 0.0118. The lowest BCUT2D eigenvalue weighted by Crippen LogP contribution is -2.51.